The lowest BCUT2D eigenvalue weighted by Gasteiger charge is -2.12. The maximum atomic E-state index is 13.5. The van der Waals surface area contributed by atoms with Crippen LogP contribution in [0.15, 0.2) is 42.5 Å². The van der Waals surface area contributed by atoms with Crippen LogP contribution >= 0.6 is 0 Å². The molecule has 1 atom stereocenters. The number of rotatable bonds is 5. The van der Waals surface area contributed by atoms with Gasteiger partial charge in [0, 0.05) is 5.56 Å². The molecule has 7 heteroatoms. The minimum atomic E-state index is -3.83. The molecule has 2 aromatic carbocycles. The highest BCUT2D eigenvalue weighted by Gasteiger charge is 2.22. The van der Waals surface area contributed by atoms with Gasteiger partial charge in [-0.25, -0.2) is 21.6 Å². The molecular weight excluding hydrogens is 317 g/mol. The Balaban J connectivity index is 2.14. The van der Waals surface area contributed by atoms with E-state index in [1.165, 1.54) is 18.2 Å². The Kier molecular flexibility index (Phi) is 4.87. The summed E-state index contributed by atoms with van der Waals surface area (Å²) >= 11 is 0. The summed E-state index contributed by atoms with van der Waals surface area (Å²) in [6.45, 7) is 0. The molecule has 0 aliphatic carbocycles. The lowest BCUT2D eigenvalue weighted by Crippen LogP contribution is -2.17. The van der Waals surface area contributed by atoms with Crippen LogP contribution in [-0.2, 0) is 15.6 Å². The van der Waals surface area contributed by atoms with Gasteiger partial charge >= 0.3 is 0 Å². The number of sulfone groups is 1. The van der Waals surface area contributed by atoms with Crippen LogP contribution in [0, 0.1) is 17.5 Å². The molecule has 0 fully saturated rings. The van der Waals surface area contributed by atoms with Gasteiger partial charge in [-0.15, -0.1) is 0 Å². The molecule has 0 heterocycles. The Morgan fingerprint density at radius 2 is 1.64 bits per heavy atom. The van der Waals surface area contributed by atoms with Gasteiger partial charge in [-0.05, 0) is 23.8 Å². The van der Waals surface area contributed by atoms with Crippen molar-refractivity contribution in [2.24, 2.45) is 0 Å². The highest BCUT2D eigenvalue weighted by Crippen LogP contribution is 2.20. The molecule has 0 bridgehead atoms. The molecule has 0 spiro atoms. The summed E-state index contributed by atoms with van der Waals surface area (Å²) in [4.78, 5) is 0. The third-order valence-corrected chi connectivity index (χ3v) is 4.64. The van der Waals surface area contributed by atoms with E-state index in [1.807, 2.05) is 0 Å². The number of hydrogen-bond donors (Lipinski definition) is 1. The second kappa shape index (κ2) is 6.50. The molecule has 0 aliphatic rings. The molecule has 1 N–H and O–H groups in total. The van der Waals surface area contributed by atoms with Crippen LogP contribution in [0.5, 0.6) is 0 Å². The first-order valence-corrected chi connectivity index (χ1v) is 8.17. The highest BCUT2D eigenvalue weighted by molar-refractivity contribution is 7.90. The molecule has 118 valence electrons. The van der Waals surface area contributed by atoms with E-state index in [4.69, 9.17) is 0 Å². The third kappa shape index (κ3) is 4.08. The molecular formula is C15H13F3O3S. The largest absolute Gasteiger partial charge is 0.387 e. The number of aliphatic hydroxyl groups excluding tert-OH is 1. The second-order valence-electron chi connectivity index (χ2n) is 4.84. The molecule has 3 nitrogen and oxygen atoms in total. The normalized spacial score (nSPS) is 13.1. The smallest absolute Gasteiger partial charge is 0.159 e. The fourth-order valence-corrected chi connectivity index (χ4v) is 3.48. The van der Waals surface area contributed by atoms with Crippen LogP contribution in [0.4, 0.5) is 13.2 Å². The standard InChI is InChI=1S/C15H13F3O3S/c16-12-4-2-1-3-11(12)15(19)9-22(20,21)8-10-5-6-13(17)14(18)7-10/h1-7,15,19H,8-9H2. The zero-order chi connectivity index (χ0) is 16.3. The maximum absolute atomic E-state index is 13.5. The summed E-state index contributed by atoms with van der Waals surface area (Å²) in [5, 5.41) is 9.86. The van der Waals surface area contributed by atoms with E-state index in [2.05, 4.69) is 0 Å². The highest BCUT2D eigenvalue weighted by atomic mass is 32.2. The van der Waals surface area contributed by atoms with Gasteiger partial charge in [-0.3, -0.25) is 0 Å². The van der Waals surface area contributed by atoms with E-state index >= 15 is 0 Å². The monoisotopic (exact) mass is 330 g/mol. The van der Waals surface area contributed by atoms with Crippen LogP contribution in [0.2, 0.25) is 0 Å². The van der Waals surface area contributed by atoms with Gasteiger partial charge in [0.15, 0.2) is 21.5 Å². The summed E-state index contributed by atoms with van der Waals surface area (Å²) in [6.07, 6.45) is -1.53. The molecule has 0 saturated carbocycles. The Labute approximate surface area is 125 Å². The summed E-state index contributed by atoms with van der Waals surface area (Å²) in [7, 11) is -3.83. The Morgan fingerprint density at radius 1 is 0.955 bits per heavy atom. The average molecular weight is 330 g/mol. The molecule has 0 saturated heterocycles. The minimum absolute atomic E-state index is 0.0552. The van der Waals surface area contributed by atoms with Crippen molar-refractivity contribution in [1.29, 1.82) is 0 Å². The van der Waals surface area contributed by atoms with Crippen molar-refractivity contribution in [2.75, 3.05) is 5.75 Å². The minimum Gasteiger partial charge on any atom is -0.387 e. The lowest BCUT2D eigenvalue weighted by molar-refractivity contribution is 0.196. The molecule has 22 heavy (non-hydrogen) atoms. The van der Waals surface area contributed by atoms with Crippen molar-refractivity contribution in [1.82, 2.24) is 0 Å². The van der Waals surface area contributed by atoms with Gasteiger partial charge < -0.3 is 5.11 Å². The molecule has 2 aromatic rings. The Bertz CT molecular complexity index is 775. The van der Waals surface area contributed by atoms with Gasteiger partial charge in [-0.1, -0.05) is 24.3 Å². The Morgan fingerprint density at radius 3 is 2.27 bits per heavy atom. The second-order valence-corrected chi connectivity index (χ2v) is 6.95. The van der Waals surface area contributed by atoms with Gasteiger partial charge in [0.2, 0.25) is 0 Å². The average Bonchev–Trinajstić information content (AvgIpc) is 2.42. The third-order valence-electron chi connectivity index (χ3n) is 3.05. The van der Waals surface area contributed by atoms with E-state index in [1.54, 1.807) is 0 Å². The fourth-order valence-electron chi connectivity index (χ4n) is 2.02. The SMILES string of the molecule is O=S(=O)(Cc1ccc(F)c(F)c1)CC(O)c1ccccc1F. The maximum Gasteiger partial charge on any atom is 0.159 e. The molecule has 0 aliphatic heterocycles. The van der Waals surface area contributed by atoms with E-state index in [0.29, 0.717) is 0 Å². The van der Waals surface area contributed by atoms with Crippen molar-refractivity contribution in [3.8, 4) is 0 Å². The zero-order valence-electron chi connectivity index (χ0n) is 11.3. The number of aliphatic hydroxyl groups is 1. The molecule has 0 aromatic heterocycles. The van der Waals surface area contributed by atoms with Crippen LogP contribution in [0.25, 0.3) is 0 Å². The number of benzene rings is 2. The van der Waals surface area contributed by atoms with Crippen molar-refractivity contribution >= 4 is 9.84 Å². The van der Waals surface area contributed by atoms with E-state index in [0.717, 1.165) is 24.3 Å². The first-order chi connectivity index (χ1) is 10.3. The molecule has 0 radical (unpaired) electrons. The van der Waals surface area contributed by atoms with Crippen molar-refractivity contribution < 1.29 is 26.7 Å². The number of hydrogen-bond acceptors (Lipinski definition) is 3. The Hall–Kier alpha value is -1.86. The first-order valence-electron chi connectivity index (χ1n) is 6.35. The van der Waals surface area contributed by atoms with E-state index < -0.39 is 44.9 Å². The number of halogens is 3. The lowest BCUT2D eigenvalue weighted by atomic mass is 10.1. The van der Waals surface area contributed by atoms with E-state index in [-0.39, 0.29) is 11.1 Å². The van der Waals surface area contributed by atoms with Crippen LogP contribution < -0.4 is 0 Å². The predicted octanol–water partition coefficient (Wildman–Crippen LogP) is 2.75. The van der Waals surface area contributed by atoms with Gasteiger partial charge in [0.25, 0.3) is 0 Å². The van der Waals surface area contributed by atoms with Gasteiger partial charge in [0.1, 0.15) is 5.82 Å². The van der Waals surface area contributed by atoms with Crippen LogP contribution in [-0.4, -0.2) is 19.3 Å². The van der Waals surface area contributed by atoms with Crippen molar-refractivity contribution in [3.05, 3.63) is 71.0 Å². The summed E-state index contributed by atoms with van der Waals surface area (Å²) in [5.41, 5.74) is -0.0732. The zero-order valence-corrected chi connectivity index (χ0v) is 12.2. The van der Waals surface area contributed by atoms with Crippen molar-refractivity contribution in [2.45, 2.75) is 11.9 Å². The van der Waals surface area contributed by atoms with Crippen LogP contribution in [0.1, 0.15) is 17.2 Å². The van der Waals surface area contributed by atoms with Gasteiger partial charge in [-0.2, -0.15) is 0 Å². The predicted molar refractivity (Wildman–Crippen MR) is 75.2 cm³/mol. The topological polar surface area (TPSA) is 54.4 Å². The fraction of sp³-hybridized carbons (Fsp3) is 0.200. The molecule has 1 unspecified atom stereocenters. The molecule has 0 amide bonds. The van der Waals surface area contributed by atoms with E-state index in [9.17, 15) is 26.7 Å². The first kappa shape index (κ1) is 16.5. The summed E-state index contributed by atoms with van der Waals surface area (Å²) in [5.74, 6) is -4.23. The quantitative estimate of drug-likeness (QED) is 0.917. The summed E-state index contributed by atoms with van der Waals surface area (Å²) in [6, 6.07) is 8.04. The van der Waals surface area contributed by atoms with Gasteiger partial charge in [0.05, 0.1) is 17.6 Å². The summed E-state index contributed by atoms with van der Waals surface area (Å²) < 4.78 is 63.3. The molecule has 2 rings (SSSR count). The van der Waals surface area contributed by atoms with Crippen LogP contribution in [0.3, 0.4) is 0 Å². The van der Waals surface area contributed by atoms with Crippen molar-refractivity contribution in [3.63, 3.8) is 0 Å².